The predicted molar refractivity (Wildman–Crippen MR) is 126 cm³/mol. The quantitative estimate of drug-likeness (QED) is 0.326. The van der Waals surface area contributed by atoms with Crippen LogP contribution in [0, 0.1) is 0 Å². The van der Waals surface area contributed by atoms with E-state index in [-0.39, 0.29) is 4.99 Å². The lowest BCUT2D eigenvalue weighted by Gasteiger charge is -2.08. The molecule has 32 heavy (non-hydrogen) atoms. The van der Waals surface area contributed by atoms with Gasteiger partial charge in [-0.15, -0.1) is 0 Å². The van der Waals surface area contributed by atoms with Crippen molar-refractivity contribution in [2.45, 2.75) is 0 Å². The van der Waals surface area contributed by atoms with E-state index in [0.29, 0.717) is 22.4 Å². The van der Waals surface area contributed by atoms with Crippen molar-refractivity contribution in [3.05, 3.63) is 108 Å². The molecule has 0 aliphatic carbocycles. The van der Waals surface area contributed by atoms with Crippen LogP contribution in [0.25, 0.3) is 16.9 Å². The molecule has 0 aliphatic heterocycles. The van der Waals surface area contributed by atoms with Gasteiger partial charge in [0.15, 0.2) is 0 Å². The Hall–Kier alpha value is -4.30. The van der Waals surface area contributed by atoms with E-state index in [1.165, 1.54) is 0 Å². The van der Waals surface area contributed by atoms with E-state index >= 15 is 0 Å². The number of amides is 2. The lowest BCUT2D eigenvalue weighted by Crippen LogP contribution is -2.41. The van der Waals surface area contributed by atoms with Crippen LogP contribution in [0.5, 0.6) is 0 Å². The Balaban J connectivity index is 1.56. The van der Waals surface area contributed by atoms with Crippen molar-refractivity contribution in [1.29, 1.82) is 0 Å². The molecule has 2 amide bonds. The van der Waals surface area contributed by atoms with Gasteiger partial charge in [0, 0.05) is 22.9 Å². The highest BCUT2D eigenvalue weighted by atomic mass is 32.1. The fourth-order valence-corrected chi connectivity index (χ4v) is 3.24. The third-order valence-electron chi connectivity index (χ3n) is 4.75. The smallest absolute Gasteiger partial charge is 0.273 e. The number of aromatic nitrogens is 2. The summed E-state index contributed by atoms with van der Waals surface area (Å²) in [6.07, 6.45) is 1.64. The van der Waals surface area contributed by atoms with Crippen LogP contribution in [0.15, 0.2) is 91.1 Å². The highest BCUT2D eigenvalue weighted by molar-refractivity contribution is 7.80. The molecule has 4 N–H and O–H groups in total. The second-order valence-corrected chi connectivity index (χ2v) is 7.33. The maximum atomic E-state index is 12.9. The van der Waals surface area contributed by atoms with E-state index in [0.717, 1.165) is 11.3 Å². The van der Waals surface area contributed by atoms with Crippen LogP contribution in [0.4, 0.5) is 0 Å². The van der Waals surface area contributed by atoms with E-state index in [1.807, 2.05) is 60.7 Å². The zero-order valence-electron chi connectivity index (χ0n) is 16.9. The summed E-state index contributed by atoms with van der Waals surface area (Å²) in [6, 6.07) is 25.3. The molecule has 1 aromatic heterocycles. The molecule has 158 valence electrons. The third-order valence-corrected chi connectivity index (χ3v) is 4.98. The summed E-state index contributed by atoms with van der Waals surface area (Å²) >= 11 is 4.91. The standard InChI is InChI=1S/C24H19N5O2S/c25-22(32)17-11-13-18(14-12-17)23(30)26-27-24(31)20-15-29(19-9-5-2-6-10-19)28-21(20)16-7-3-1-4-8-16/h1-15H,(H2,25,32)(H,26,30)(H,27,31). The van der Waals surface area contributed by atoms with Crippen molar-refractivity contribution in [1.82, 2.24) is 20.6 Å². The average molecular weight is 442 g/mol. The molecule has 0 radical (unpaired) electrons. The van der Waals surface area contributed by atoms with E-state index in [1.54, 1.807) is 35.1 Å². The average Bonchev–Trinajstić information content (AvgIpc) is 3.29. The van der Waals surface area contributed by atoms with Gasteiger partial charge in [-0.2, -0.15) is 5.10 Å². The molecule has 0 atom stereocenters. The van der Waals surface area contributed by atoms with Crippen molar-refractivity contribution >= 4 is 29.0 Å². The first-order valence-corrected chi connectivity index (χ1v) is 10.1. The summed E-state index contributed by atoms with van der Waals surface area (Å²) in [4.78, 5) is 25.6. The molecule has 0 bridgehead atoms. The highest BCUT2D eigenvalue weighted by Crippen LogP contribution is 2.23. The minimum atomic E-state index is -0.487. The molecule has 3 aromatic carbocycles. The largest absolute Gasteiger partial charge is 0.389 e. The Labute approximate surface area is 189 Å². The van der Waals surface area contributed by atoms with Crippen molar-refractivity contribution in [2.24, 2.45) is 5.73 Å². The lowest BCUT2D eigenvalue weighted by atomic mass is 10.1. The number of hydrogen-bond donors (Lipinski definition) is 3. The van der Waals surface area contributed by atoms with E-state index in [4.69, 9.17) is 18.0 Å². The summed E-state index contributed by atoms with van der Waals surface area (Å²) in [5, 5.41) is 4.60. The highest BCUT2D eigenvalue weighted by Gasteiger charge is 2.19. The fraction of sp³-hybridized carbons (Fsp3) is 0. The zero-order valence-corrected chi connectivity index (χ0v) is 17.7. The second-order valence-electron chi connectivity index (χ2n) is 6.89. The Kier molecular flexibility index (Phi) is 6.05. The zero-order chi connectivity index (χ0) is 22.5. The van der Waals surface area contributed by atoms with Crippen molar-refractivity contribution < 1.29 is 9.59 Å². The van der Waals surface area contributed by atoms with Crippen LogP contribution < -0.4 is 16.6 Å². The number of benzene rings is 3. The number of nitrogens with zero attached hydrogens (tertiary/aromatic N) is 2. The Morgan fingerprint density at radius 1 is 0.781 bits per heavy atom. The van der Waals surface area contributed by atoms with Crippen LogP contribution in [-0.2, 0) is 0 Å². The third kappa shape index (κ3) is 4.55. The minimum absolute atomic E-state index is 0.245. The molecule has 7 nitrogen and oxygen atoms in total. The second kappa shape index (κ2) is 9.23. The number of carbonyl (C=O) groups is 2. The van der Waals surface area contributed by atoms with Gasteiger partial charge in [0.2, 0.25) is 0 Å². The Morgan fingerprint density at radius 2 is 1.34 bits per heavy atom. The molecule has 4 aromatic rings. The maximum absolute atomic E-state index is 12.9. The monoisotopic (exact) mass is 441 g/mol. The molecule has 0 unspecified atom stereocenters. The van der Waals surface area contributed by atoms with Gasteiger partial charge in [0.25, 0.3) is 11.8 Å². The summed E-state index contributed by atoms with van der Waals surface area (Å²) in [5.41, 5.74) is 13.9. The van der Waals surface area contributed by atoms with Crippen LogP contribution in [0.2, 0.25) is 0 Å². The van der Waals surface area contributed by atoms with Crippen LogP contribution in [-0.4, -0.2) is 26.6 Å². The van der Waals surface area contributed by atoms with Crippen LogP contribution in [0.3, 0.4) is 0 Å². The molecule has 8 heteroatoms. The Morgan fingerprint density at radius 3 is 1.97 bits per heavy atom. The van der Waals surface area contributed by atoms with Crippen molar-refractivity contribution in [2.75, 3.05) is 0 Å². The fourth-order valence-electron chi connectivity index (χ4n) is 3.10. The molecule has 4 rings (SSSR count). The van der Waals surface area contributed by atoms with Gasteiger partial charge in [-0.3, -0.25) is 20.4 Å². The molecule has 0 aliphatic rings. The summed E-state index contributed by atoms with van der Waals surface area (Å²) in [7, 11) is 0. The molecular formula is C24H19N5O2S. The molecule has 0 spiro atoms. The Bertz CT molecular complexity index is 1270. The number of thiocarbonyl (C=S) groups is 1. The van der Waals surface area contributed by atoms with Gasteiger partial charge >= 0.3 is 0 Å². The van der Waals surface area contributed by atoms with Crippen LogP contribution in [0.1, 0.15) is 26.3 Å². The number of rotatable bonds is 5. The first-order chi connectivity index (χ1) is 15.5. The molecule has 0 saturated heterocycles. The summed E-state index contributed by atoms with van der Waals surface area (Å²) < 4.78 is 1.63. The predicted octanol–water partition coefficient (Wildman–Crippen LogP) is 3.25. The minimum Gasteiger partial charge on any atom is -0.389 e. The van der Waals surface area contributed by atoms with E-state index < -0.39 is 11.8 Å². The molecular weight excluding hydrogens is 422 g/mol. The first-order valence-electron chi connectivity index (χ1n) is 9.74. The van der Waals surface area contributed by atoms with Gasteiger partial charge in [-0.25, -0.2) is 4.68 Å². The number of hydrogen-bond acceptors (Lipinski definition) is 4. The van der Waals surface area contributed by atoms with E-state index in [2.05, 4.69) is 16.0 Å². The number of nitrogens with two attached hydrogens (primary N) is 1. The summed E-state index contributed by atoms with van der Waals surface area (Å²) in [6.45, 7) is 0. The number of carbonyl (C=O) groups excluding carboxylic acids is 2. The van der Waals surface area contributed by atoms with Gasteiger partial charge < -0.3 is 5.73 Å². The molecule has 1 heterocycles. The van der Waals surface area contributed by atoms with Gasteiger partial charge in [-0.05, 0) is 24.3 Å². The van der Waals surface area contributed by atoms with Gasteiger partial charge in [-0.1, -0.05) is 72.9 Å². The molecule has 0 fully saturated rings. The van der Waals surface area contributed by atoms with E-state index in [9.17, 15) is 9.59 Å². The maximum Gasteiger partial charge on any atom is 0.273 e. The topological polar surface area (TPSA) is 102 Å². The summed E-state index contributed by atoms with van der Waals surface area (Å²) in [5.74, 6) is -0.955. The SMILES string of the molecule is NC(=S)c1ccc(C(=O)NNC(=O)c2cn(-c3ccccc3)nc2-c2ccccc2)cc1. The van der Waals surface area contributed by atoms with Gasteiger partial charge in [0.05, 0.1) is 11.3 Å². The lowest BCUT2D eigenvalue weighted by molar-refractivity contribution is 0.0847. The van der Waals surface area contributed by atoms with Crippen molar-refractivity contribution in [3.63, 3.8) is 0 Å². The number of hydrazine groups is 1. The number of nitrogens with one attached hydrogen (secondary N) is 2. The van der Waals surface area contributed by atoms with Crippen LogP contribution >= 0.6 is 12.2 Å². The molecule has 0 saturated carbocycles. The number of para-hydroxylation sites is 1. The van der Waals surface area contributed by atoms with Gasteiger partial charge in [0.1, 0.15) is 10.7 Å². The first kappa shape index (κ1) is 21.0. The normalized spacial score (nSPS) is 10.4. The van der Waals surface area contributed by atoms with Crippen molar-refractivity contribution in [3.8, 4) is 16.9 Å².